The molecule has 1 aliphatic heterocycles. The lowest BCUT2D eigenvalue weighted by molar-refractivity contribution is 0.133. The van der Waals surface area contributed by atoms with E-state index in [0.29, 0.717) is 6.04 Å². The standard InChI is InChI=1S/C19H32N2/c1-3-10-18-13-8-9-15-21(18)16-14-19(20-4-2)17-11-6-5-7-12-17/h5-7,11-12,18-20H,3-4,8-10,13-16H2,1-2H3. The predicted molar refractivity (Wildman–Crippen MR) is 91.6 cm³/mol. The van der Waals surface area contributed by atoms with Crippen molar-refractivity contribution < 1.29 is 0 Å². The first-order chi connectivity index (χ1) is 10.3. The molecule has 1 heterocycles. The maximum Gasteiger partial charge on any atom is 0.0332 e. The van der Waals surface area contributed by atoms with Crippen molar-refractivity contribution in [2.24, 2.45) is 0 Å². The van der Waals surface area contributed by atoms with E-state index in [0.717, 1.165) is 12.6 Å². The van der Waals surface area contributed by atoms with Crippen molar-refractivity contribution in [3.63, 3.8) is 0 Å². The Bertz CT molecular complexity index is 374. The van der Waals surface area contributed by atoms with E-state index in [1.807, 2.05) is 0 Å². The third-order valence-corrected chi connectivity index (χ3v) is 4.73. The zero-order valence-corrected chi connectivity index (χ0v) is 13.9. The van der Waals surface area contributed by atoms with Crippen LogP contribution in [-0.4, -0.2) is 30.6 Å². The molecule has 0 amide bonds. The van der Waals surface area contributed by atoms with Crippen LogP contribution in [0.25, 0.3) is 0 Å². The first kappa shape index (κ1) is 16.5. The van der Waals surface area contributed by atoms with E-state index in [2.05, 4.69) is 54.4 Å². The summed E-state index contributed by atoms with van der Waals surface area (Å²) in [6.07, 6.45) is 8.13. The van der Waals surface area contributed by atoms with E-state index < -0.39 is 0 Å². The summed E-state index contributed by atoms with van der Waals surface area (Å²) in [5.41, 5.74) is 1.43. The topological polar surface area (TPSA) is 15.3 Å². The number of hydrogen-bond donors (Lipinski definition) is 1. The monoisotopic (exact) mass is 288 g/mol. The molecule has 1 saturated heterocycles. The summed E-state index contributed by atoms with van der Waals surface area (Å²) in [6.45, 7) is 8.10. The highest BCUT2D eigenvalue weighted by Gasteiger charge is 2.22. The van der Waals surface area contributed by atoms with Gasteiger partial charge < -0.3 is 10.2 Å². The van der Waals surface area contributed by atoms with Crippen molar-refractivity contribution in [1.29, 1.82) is 0 Å². The fourth-order valence-electron chi connectivity index (χ4n) is 3.63. The molecule has 2 nitrogen and oxygen atoms in total. The summed E-state index contributed by atoms with van der Waals surface area (Å²) in [5, 5.41) is 3.66. The molecule has 118 valence electrons. The Kier molecular flexibility index (Phi) is 7.25. The molecule has 1 fully saturated rings. The molecule has 2 rings (SSSR count). The first-order valence-electron chi connectivity index (χ1n) is 8.87. The zero-order chi connectivity index (χ0) is 14.9. The molecule has 1 aliphatic rings. The van der Waals surface area contributed by atoms with Crippen LogP contribution in [0.2, 0.25) is 0 Å². The van der Waals surface area contributed by atoms with E-state index in [4.69, 9.17) is 0 Å². The summed E-state index contributed by atoms with van der Waals surface area (Å²) in [6, 6.07) is 12.3. The average molecular weight is 288 g/mol. The van der Waals surface area contributed by atoms with E-state index in [1.54, 1.807) is 0 Å². The Hall–Kier alpha value is -0.860. The smallest absolute Gasteiger partial charge is 0.0332 e. The highest BCUT2D eigenvalue weighted by atomic mass is 15.2. The van der Waals surface area contributed by atoms with Crippen molar-refractivity contribution in [3.05, 3.63) is 35.9 Å². The van der Waals surface area contributed by atoms with Crippen LogP contribution >= 0.6 is 0 Å². The van der Waals surface area contributed by atoms with Crippen LogP contribution in [0.4, 0.5) is 0 Å². The fourth-order valence-corrected chi connectivity index (χ4v) is 3.63. The van der Waals surface area contributed by atoms with Crippen molar-refractivity contribution in [2.75, 3.05) is 19.6 Å². The molecular weight excluding hydrogens is 256 g/mol. The molecule has 2 atom stereocenters. The van der Waals surface area contributed by atoms with Crippen LogP contribution in [0.1, 0.15) is 64.0 Å². The van der Waals surface area contributed by atoms with Gasteiger partial charge in [0.2, 0.25) is 0 Å². The third kappa shape index (κ3) is 5.12. The summed E-state index contributed by atoms with van der Waals surface area (Å²) in [4.78, 5) is 2.75. The van der Waals surface area contributed by atoms with Crippen LogP contribution in [0.5, 0.6) is 0 Å². The van der Waals surface area contributed by atoms with E-state index in [1.165, 1.54) is 57.2 Å². The van der Waals surface area contributed by atoms with Gasteiger partial charge in [0.15, 0.2) is 0 Å². The van der Waals surface area contributed by atoms with Crippen LogP contribution in [-0.2, 0) is 0 Å². The van der Waals surface area contributed by atoms with Gasteiger partial charge in [-0.2, -0.15) is 0 Å². The maximum atomic E-state index is 3.66. The van der Waals surface area contributed by atoms with Gasteiger partial charge in [0, 0.05) is 18.6 Å². The predicted octanol–water partition coefficient (Wildman–Crippen LogP) is 4.38. The highest BCUT2D eigenvalue weighted by Crippen LogP contribution is 2.23. The molecule has 0 spiro atoms. The largest absolute Gasteiger partial charge is 0.310 e. The summed E-state index contributed by atoms with van der Waals surface area (Å²) >= 11 is 0. The van der Waals surface area contributed by atoms with E-state index in [-0.39, 0.29) is 0 Å². The van der Waals surface area contributed by atoms with Crippen LogP contribution in [0, 0.1) is 0 Å². The van der Waals surface area contributed by atoms with Crippen LogP contribution in [0.15, 0.2) is 30.3 Å². The molecular formula is C19H32N2. The molecule has 1 N–H and O–H groups in total. The molecule has 2 unspecified atom stereocenters. The molecule has 21 heavy (non-hydrogen) atoms. The molecule has 0 aliphatic carbocycles. The van der Waals surface area contributed by atoms with Gasteiger partial charge in [-0.1, -0.05) is 57.0 Å². The second kappa shape index (κ2) is 9.22. The minimum atomic E-state index is 0.500. The Labute approximate surface area is 130 Å². The van der Waals surface area contributed by atoms with Gasteiger partial charge in [-0.15, -0.1) is 0 Å². The number of nitrogens with one attached hydrogen (secondary N) is 1. The Morgan fingerprint density at radius 1 is 1.19 bits per heavy atom. The Morgan fingerprint density at radius 3 is 2.71 bits per heavy atom. The Balaban J connectivity index is 1.91. The second-order valence-corrected chi connectivity index (χ2v) is 6.28. The van der Waals surface area contributed by atoms with Crippen LogP contribution in [0.3, 0.4) is 0 Å². The number of hydrogen-bond acceptors (Lipinski definition) is 2. The SMILES string of the molecule is CCCC1CCCCN1CCC(NCC)c1ccccc1. The average Bonchev–Trinajstić information content (AvgIpc) is 2.54. The molecule has 1 aromatic rings. The van der Waals surface area contributed by atoms with Gasteiger partial charge in [-0.3, -0.25) is 0 Å². The lowest BCUT2D eigenvalue weighted by Crippen LogP contribution is -2.41. The van der Waals surface area contributed by atoms with Gasteiger partial charge in [0.05, 0.1) is 0 Å². The molecule has 0 aromatic heterocycles. The highest BCUT2D eigenvalue weighted by molar-refractivity contribution is 5.18. The zero-order valence-electron chi connectivity index (χ0n) is 13.9. The lowest BCUT2D eigenvalue weighted by atomic mass is 9.96. The minimum absolute atomic E-state index is 0.500. The number of benzene rings is 1. The van der Waals surface area contributed by atoms with Crippen molar-refractivity contribution in [2.45, 2.75) is 64.5 Å². The van der Waals surface area contributed by atoms with Gasteiger partial charge in [-0.05, 0) is 44.3 Å². The third-order valence-electron chi connectivity index (χ3n) is 4.73. The molecule has 0 bridgehead atoms. The van der Waals surface area contributed by atoms with Crippen molar-refractivity contribution >= 4 is 0 Å². The second-order valence-electron chi connectivity index (χ2n) is 6.28. The van der Waals surface area contributed by atoms with Gasteiger partial charge in [-0.25, -0.2) is 0 Å². The van der Waals surface area contributed by atoms with Crippen molar-refractivity contribution in [3.8, 4) is 0 Å². The summed E-state index contributed by atoms with van der Waals surface area (Å²) < 4.78 is 0. The number of nitrogens with zero attached hydrogens (tertiary/aromatic N) is 1. The maximum absolute atomic E-state index is 3.66. The van der Waals surface area contributed by atoms with Gasteiger partial charge in [0.1, 0.15) is 0 Å². The molecule has 2 heteroatoms. The fraction of sp³-hybridized carbons (Fsp3) is 0.684. The minimum Gasteiger partial charge on any atom is -0.310 e. The molecule has 0 saturated carbocycles. The molecule has 0 radical (unpaired) electrons. The first-order valence-corrected chi connectivity index (χ1v) is 8.87. The van der Waals surface area contributed by atoms with Crippen LogP contribution < -0.4 is 5.32 Å². The summed E-state index contributed by atoms with van der Waals surface area (Å²) in [7, 11) is 0. The normalized spacial score (nSPS) is 21.3. The number of piperidine rings is 1. The molecule has 1 aromatic carbocycles. The van der Waals surface area contributed by atoms with Gasteiger partial charge in [0.25, 0.3) is 0 Å². The Morgan fingerprint density at radius 2 is 2.00 bits per heavy atom. The number of likely N-dealkylation sites (tertiary alicyclic amines) is 1. The van der Waals surface area contributed by atoms with E-state index >= 15 is 0 Å². The lowest BCUT2D eigenvalue weighted by Gasteiger charge is -2.36. The van der Waals surface area contributed by atoms with Gasteiger partial charge >= 0.3 is 0 Å². The van der Waals surface area contributed by atoms with Crippen molar-refractivity contribution in [1.82, 2.24) is 10.2 Å². The summed E-state index contributed by atoms with van der Waals surface area (Å²) in [5.74, 6) is 0. The van der Waals surface area contributed by atoms with E-state index in [9.17, 15) is 0 Å². The quantitative estimate of drug-likeness (QED) is 0.763. The number of rotatable bonds is 8.